The van der Waals surface area contributed by atoms with E-state index in [1.807, 2.05) is 32.0 Å². The number of hydrogen-bond donors (Lipinski definition) is 1. The van der Waals surface area contributed by atoms with Crippen molar-refractivity contribution in [2.75, 3.05) is 23.4 Å². The number of benzene rings is 3. The van der Waals surface area contributed by atoms with Crippen LogP contribution in [0.1, 0.15) is 38.3 Å². The van der Waals surface area contributed by atoms with Crippen molar-refractivity contribution in [3.05, 3.63) is 95.1 Å². The molecule has 0 aliphatic carbocycles. The topological polar surface area (TPSA) is 92.8 Å². The van der Waals surface area contributed by atoms with Crippen molar-refractivity contribution in [3.63, 3.8) is 0 Å². The molecule has 3 aromatic carbocycles. The second-order valence-corrected chi connectivity index (χ2v) is 8.63. The lowest BCUT2D eigenvalue weighted by molar-refractivity contribution is -0.122. The van der Waals surface area contributed by atoms with E-state index in [0.717, 1.165) is 16.8 Å². The normalized spacial score (nSPS) is 15.1. The lowest BCUT2D eigenvalue weighted by Gasteiger charge is -2.19. The van der Waals surface area contributed by atoms with E-state index in [9.17, 15) is 19.2 Å². The number of amides is 2. The fourth-order valence-electron chi connectivity index (χ4n) is 4.08. The SMILES string of the molecule is Cc1ccc(N2C[C@@H](C(=O)Nc3ccc(C(=O)OCC(=O)c4ccccc4)cc3)CC2=O)c(C)c1. The van der Waals surface area contributed by atoms with E-state index in [-0.39, 0.29) is 36.2 Å². The Kier molecular flexibility index (Phi) is 7.06. The largest absolute Gasteiger partial charge is 0.454 e. The molecule has 7 heteroatoms. The fourth-order valence-corrected chi connectivity index (χ4v) is 4.08. The number of ketones is 1. The molecule has 1 aliphatic rings. The third-order valence-corrected chi connectivity index (χ3v) is 5.96. The van der Waals surface area contributed by atoms with Crippen LogP contribution in [0.15, 0.2) is 72.8 Å². The molecule has 0 spiro atoms. The van der Waals surface area contributed by atoms with Gasteiger partial charge in [-0.1, -0.05) is 48.0 Å². The van der Waals surface area contributed by atoms with Gasteiger partial charge in [-0.15, -0.1) is 0 Å². The number of nitrogens with zero attached hydrogens (tertiary/aromatic N) is 1. The van der Waals surface area contributed by atoms with Crippen molar-refractivity contribution in [2.45, 2.75) is 20.3 Å². The molecule has 1 saturated heterocycles. The minimum atomic E-state index is -0.627. The molecule has 1 heterocycles. The van der Waals surface area contributed by atoms with Crippen molar-refractivity contribution in [1.29, 1.82) is 0 Å². The number of anilines is 2. The highest BCUT2D eigenvalue weighted by Crippen LogP contribution is 2.29. The van der Waals surface area contributed by atoms with Crippen molar-refractivity contribution < 1.29 is 23.9 Å². The summed E-state index contributed by atoms with van der Waals surface area (Å²) in [6.45, 7) is 3.91. The van der Waals surface area contributed by atoms with Crippen molar-refractivity contribution in [2.24, 2.45) is 5.92 Å². The molecular weight excluding hydrogens is 444 g/mol. The summed E-state index contributed by atoms with van der Waals surface area (Å²) < 4.78 is 5.11. The van der Waals surface area contributed by atoms with Crippen LogP contribution in [0.5, 0.6) is 0 Å². The predicted octanol–water partition coefficient (Wildman–Crippen LogP) is 4.33. The lowest BCUT2D eigenvalue weighted by Crippen LogP contribution is -2.28. The van der Waals surface area contributed by atoms with E-state index < -0.39 is 11.9 Å². The van der Waals surface area contributed by atoms with Crippen LogP contribution in [-0.4, -0.2) is 36.7 Å². The molecule has 0 saturated carbocycles. The number of hydrogen-bond acceptors (Lipinski definition) is 5. The number of nitrogens with one attached hydrogen (secondary N) is 1. The van der Waals surface area contributed by atoms with Gasteiger partial charge in [0.05, 0.1) is 11.5 Å². The van der Waals surface area contributed by atoms with E-state index >= 15 is 0 Å². The standard InChI is InChI=1S/C28H26N2O5/c1-18-8-13-24(19(2)14-18)30-16-22(15-26(30)32)27(33)29-23-11-9-21(10-12-23)28(34)35-17-25(31)20-6-4-3-5-7-20/h3-14,22H,15-17H2,1-2H3,(H,29,33)/t22-/m0/s1. The molecule has 0 radical (unpaired) electrons. The first-order valence-corrected chi connectivity index (χ1v) is 11.4. The Bertz CT molecular complexity index is 1270. The number of carbonyl (C=O) groups excluding carboxylic acids is 4. The Morgan fingerprint density at radius 3 is 2.34 bits per heavy atom. The molecule has 0 aromatic heterocycles. The zero-order valence-corrected chi connectivity index (χ0v) is 19.6. The van der Waals surface area contributed by atoms with E-state index in [1.165, 1.54) is 12.1 Å². The summed E-state index contributed by atoms with van der Waals surface area (Å²) in [5, 5.41) is 2.81. The quantitative estimate of drug-likeness (QED) is 0.410. The van der Waals surface area contributed by atoms with Gasteiger partial charge in [0.2, 0.25) is 11.8 Å². The summed E-state index contributed by atoms with van der Waals surface area (Å²) >= 11 is 0. The summed E-state index contributed by atoms with van der Waals surface area (Å²) in [6, 6.07) is 20.7. The first kappa shape index (κ1) is 23.9. The van der Waals surface area contributed by atoms with Crippen LogP contribution in [0.4, 0.5) is 11.4 Å². The van der Waals surface area contributed by atoms with Gasteiger partial charge >= 0.3 is 5.97 Å². The molecule has 0 bridgehead atoms. The zero-order chi connectivity index (χ0) is 24.9. The Balaban J connectivity index is 1.32. The van der Waals surface area contributed by atoms with Gasteiger partial charge in [0, 0.05) is 29.9 Å². The smallest absolute Gasteiger partial charge is 0.338 e. The summed E-state index contributed by atoms with van der Waals surface area (Å²) in [4.78, 5) is 51.4. The van der Waals surface area contributed by atoms with Gasteiger partial charge in [-0.3, -0.25) is 14.4 Å². The minimum absolute atomic E-state index is 0.0831. The van der Waals surface area contributed by atoms with Gasteiger partial charge < -0.3 is 15.0 Å². The Hall–Kier alpha value is -4.26. The van der Waals surface area contributed by atoms with Crippen LogP contribution in [0.2, 0.25) is 0 Å². The maximum Gasteiger partial charge on any atom is 0.338 e. The predicted molar refractivity (Wildman–Crippen MR) is 133 cm³/mol. The summed E-state index contributed by atoms with van der Waals surface area (Å²) in [7, 11) is 0. The van der Waals surface area contributed by atoms with Crippen molar-refractivity contribution in [3.8, 4) is 0 Å². The average molecular weight is 471 g/mol. The van der Waals surface area contributed by atoms with Crippen LogP contribution >= 0.6 is 0 Å². The van der Waals surface area contributed by atoms with Crippen molar-refractivity contribution >= 4 is 34.9 Å². The van der Waals surface area contributed by atoms with Crippen LogP contribution in [0.25, 0.3) is 0 Å². The van der Waals surface area contributed by atoms with Crippen LogP contribution in [-0.2, 0) is 14.3 Å². The molecule has 4 rings (SSSR count). The summed E-state index contributed by atoms with van der Waals surface area (Å²) in [5.41, 5.74) is 4.17. The first-order valence-electron chi connectivity index (χ1n) is 11.4. The van der Waals surface area contributed by atoms with Crippen molar-refractivity contribution in [1.82, 2.24) is 0 Å². The van der Waals surface area contributed by atoms with Crippen LogP contribution in [0, 0.1) is 19.8 Å². The van der Waals surface area contributed by atoms with Gasteiger partial charge in [0.25, 0.3) is 0 Å². The Morgan fingerprint density at radius 2 is 1.66 bits per heavy atom. The van der Waals surface area contributed by atoms with Gasteiger partial charge in [0.1, 0.15) is 0 Å². The molecule has 3 aromatic rings. The average Bonchev–Trinajstić information content (AvgIpc) is 3.24. The van der Waals surface area contributed by atoms with E-state index in [0.29, 0.717) is 17.8 Å². The van der Waals surface area contributed by atoms with E-state index in [1.54, 1.807) is 47.4 Å². The molecule has 178 valence electrons. The molecule has 35 heavy (non-hydrogen) atoms. The van der Waals surface area contributed by atoms with Gasteiger partial charge in [-0.05, 0) is 49.7 Å². The van der Waals surface area contributed by atoms with Gasteiger partial charge in [-0.25, -0.2) is 4.79 Å². The maximum atomic E-state index is 12.8. The Morgan fingerprint density at radius 1 is 0.943 bits per heavy atom. The molecule has 1 atom stereocenters. The third-order valence-electron chi connectivity index (χ3n) is 5.96. The number of rotatable bonds is 7. The second-order valence-electron chi connectivity index (χ2n) is 8.63. The van der Waals surface area contributed by atoms with E-state index in [4.69, 9.17) is 4.74 Å². The highest BCUT2D eigenvalue weighted by atomic mass is 16.5. The monoisotopic (exact) mass is 470 g/mol. The number of carbonyl (C=O) groups is 4. The number of Topliss-reactive ketones (excluding diaryl/α,β-unsaturated/α-hetero) is 1. The Labute approximate surface area is 203 Å². The highest BCUT2D eigenvalue weighted by Gasteiger charge is 2.35. The maximum absolute atomic E-state index is 12.8. The molecule has 1 aliphatic heterocycles. The molecule has 2 amide bonds. The van der Waals surface area contributed by atoms with Gasteiger partial charge in [0.15, 0.2) is 12.4 Å². The number of aryl methyl sites for hydroxylation is 2. The third kappa shape index (κ3) is 5.63. The van der Waals surface area contributed by atoms with Crippen LogP contribution in [0.3, 0.4) is 0 Å². The van der Waals surface area contributed by atoms with Crippen LogP contribution < -0.4 is 10.2 Å². The number of ether oxygens (including phenoxy) is 1. The van der Waals surface area contributed by atoms with Gasteiger partial charge in [-0.2, -0.15) is 0 Å². The lowest BCUT2D eigenvalue weighted by atomic mass is 10.1. The molecule has 1 N–H and O–H groups in total. The molecular formula is C28H26N2O5. The van der Waals surface area contributed by atoms with E-state index in [2.05, 4.69) is 5.32 Å². The second kappa shape index (κ2) is 10.3. The minimum Gasteiger partial charge on any atom is -0.454 e. The summed E-state index contributed by atoms with van der Waals surface area (Å²) in [5.74, 6) is -1.73. The molecule has 7 nitrogen and oxygen atoms in total. The number of esters is 1. The first-order chi connectivity index (χ1) is 16.8. The zero-order valence-electron chi connectivity index (χ0n) is 19.6. The summed E-state index contributed by atoms with van der Waals surface area (Å²) in [6.07, 6.45) is 0.138. The fraction of sp³-hybridized carbons (Fsp3) is 0.214. The molecule has 1 fully saturated rings. The molecule has 0 unspecified atom stereocenters. The highest BCUT2D eigenvalue weighted by molar-refractivity contribution is 6.04.